The molecule has 0 heterocycles. The van der Waals surface area contributed by atoms with E-state index < -0.39 is 29.3 Å². The molecule has 0 unspecified atom stereocenters. The summed E-state index contributed by atoms with van der Waals surface area (Å²) in [5.74, 6) is -1.23. The van der Waals surface area contributed by atoms with Gasteiger partial charge < -0.3 is 15.7 Å². The van der Waals surface area contributed by atoms with Crippen molar-refractivity contribution in [1.29, 1.82) is 0 Å². The number of amides is 2. The highest BCUT2D eigenvalue weighted by Crippen LogP contribution is 2.29. The Balaban J connectivity index is 2.64. The van der Waals surface area contributed by atoms with E-state index in [0.717, 1.165) is 12.1 Å². The second-order valence-corrected chi connectivity index (χ2v) is 4.94. The van der Waals surface area contributed by atoms with E-state index >= 15 is 0 Å². The predicted octanol–water partition coefficient (Wildman–Crippen LogP) is 2.37. The normalized spacial score (nSPS) is 11.9. The lowest BCUT2D eigenvalue weighted by molar-refractivity contribution is -0.143. The van der Waals surface area contributed by atoms with Crippen LogP contribution in [0.5, 0.6) is 0 Å². The molecule has 0 aliphatic rings. The van der Waals surface area contributed by atoms with E-state index in [9.17, 15) is 22.8 Å². The molecule has 0 aliphatic heterocycles. The number of rotatable bonds is 4. The number of hydrogen-bond acceptors (Lipinski definition) is 2. The number of halogens is 3. The second-order valence-electron chi connectivity index (χ2n) is 4.94. The Morgan fingerprint density at radius 1 is 1.24 bits per heavy atom. The number of alkyl halides is 3. The van der Waals surface area contributed by atoms with Crippen molar-refractivity contribution in [3.63, 3.8) is 0 Å². The number of aliphatic carboxylic acids is 1. The number of nitrogens with one attached hydrogen (secondary N) is 2. The largest absolute Gasteiger partial charge is 0.480 e. The summed E-state index contributed by atoms with van der Waals surface area (Å²) in [6.07, 6.45) is -4.45. The van der Waals surface area contributed by atoms with Crippen molar-refractivity contribution >= 4 is 12.0 Å². The van der Waals surface area contributed by atoms with Crippen LogP contribution in [0.2, 0.25) is 0 Å². The molecule has 0 radical (unpaired) electrons. The van der Waals surface area contributed by atoms with Gasteiger partial charge in [0.05, 0.1) is 5.56 Å². The fraction of sp³-hybridized carbons (Fsp3) is 0.385. The highest BCUT2D eigenvalue weighted by Gasteiger charge is 2.31. The van der Waals surface area contributed by atoms with E-state index in [2.05, 4.69) is 10.6 Å². The van der Waals surface area contributed by atoms with E-state index in [0.29, 0.717) is 0 Å². The summed E-state index contributed by atoms with van der Waals surface area (Å²) in [6.45, 7) is 2.43. The third-order valence-electron chi connectivity index (χ3n) is 2.67. The van der Waals surface area contributed by atoms with Crippen molar-refractivity contribution in [3.05, 3.63) is 35.4 Å². The van der Waals surface area contributed by atoms with Gasteiger partial charge in [0.2, 0.25) is 0 Å². The molecule has 0 spiro atoms. The summed E-state index contributed by atoms with van der Waals surface area (Å²) in [6, 6.07) is 3.73. The third-order valence-corrected chi connectivity index (χ3v) is 2.67. The molecule has 8 heteroatoms. The number of carboxylic acid groups (broad SMARTS) is 1. The minimum atomic E-state index is -4.45. The molecule has 3 N–H and O–H groups in total. The third kappa shape index (κ3) is 4.97. The molecule has 116 valence electrons. The quantitative estimate of drug-likeness (QED) is 0.799. The maximum Gasteiger partial charge on any atom is 0.416 e. The summed E-state index contributed by atoms with van der Waals surface area (Å²) in [5.41, 5.74) is -2.03. The monoisotopic (exact) mass is 304 g/mol. The maximum atomic E-state index is 12.5. The van der Waals surface area contributed by atoms with Crippen molar-refractivity contribution in [2.75, 3.05) is 0 Å². The average molecular weight is 304 g/mol. The standard InChI is InChI=1S/C13H15F3N2O3/c1-12(2,10(19)20)18-11(21)17-7-8-4-3-5-9(6-8)13(14,15)16/h3-6H,7H2,1-2H3,(H,19,20)(H2,17,18,21). The SMILES string of the molecule is CC(C)(NC(=O)NCc1cccc(C(F)(F)F)c1)C(=O)O. The summed E-state index contributed by atoms with van der Waals surface area (Å²) in [7, 11) is 0. The fourth-order valence-corrected chi connectivity index (χ4v) is 1.42. The fourth-order valence-electron chi connectivity index (χ4n) is 1.42. The van der Waals surface area contributed by atoms with Gasteiger partial charge in [-0.25, -0.2) is 9.59 Å². The summed E-state index contributed by atoms with van der Waals surface area (Å²) < 4.78 is 37.5. The first-order valence-electron chi connectivity index (χ1n) is 5.98. The van der Waals surface area contributed by atoms with E-state index in [1.165, 1.54) is 26.0 Å². The summed E-state index contributed by atoms with van der Waals surface area (Å²) in [5, 5.41) is 13.3. The number of urea groups is 1. The lowest BCUT2D eigenvalue weighted by Gasteiger charge is -2.21. The molecule has 0 aliphatic carbocycles. The predicted molar refractivity (Wildman–Crippen MR) is 68.5 cm³/mol. The van der Waals surface area contributed by atoms with Gasteiger partial charge in [-0.05, 0) is 31.5 Å². The van der Waals surface area contributed by atoms with E-state index in [-0.39, 0.29) is 12.1 Å². The van der Waals surface area contributed by atoms with Gasteiger partial charge in [0.1, 0.15) is 5.54 Å². The minimum Gasteiger partial charge on any atom is -0.480 e. The first-order valence-corrected chi connectivity index (χ1v) is 5.98. The molecule has 1 aromatic rings. The van der Waals surface area contributed by atoms with Crippen LogP contribution >= 0.6 is 0 Å². The van der Waals surface area contributed by atoms with Crippen LogP contribution in [0.25, 0.3) is 0 Å². The summed E-state index contributed by atoms with van der Waals surface area (Å²) >= 11 is 0. The zero-order chi connectivity index (χ0) is 16.3. The molecule has 21 heavy (non-hydrogen) atoms. The van der Waals surface area contributed by atoms with Gasteiger partial charge in [-0.3, -0.25) is 0 Å². The highest BCUT2D eigenvalue weighted by atomic mass is 19.4. The zero-order valence-corrected chi connectivity index (χ0v) is 11.4. The van der Waals surface area contributed by atoms with E-state index in [1.807, 2.05) is 0 Å². The van der Waals surface area contributed by atoms with Gasteiger partial charge in [0.25, 0.3) is 0 Å². The first kappa shape index (κ1) is 16.8. The molecule has 0 atom stereocenters. The minimum absolute atomic E-state index is 0.147. The number of benzene rings is 1. The van der Waals surface area contributed by atoms with Crippen molar-refractivity contribution < 1.29 is 27.9 Å². The average Bonchev–Trinajstić information content (AvgIpc) is 2.35. The molecule has 0 fully saturated rings. The Kier molecular flexibility index (Phi) is 4.82. The van der Waals surface area contributed by atoms with Crippen LogP contribution in [0.1, 0.15) is 25.0 Å². The van der Waals surface area contributed by atoms with Crippen molar-refractivity contribution in [2.45, 2.75) is 32.1 Å². The molecule has 1 aromatic carbocycles. The van der Waals surface area contributed by atoms with Gasteiger partial charge in [0, 0.05) is 6.54 Å². The van der Waals surface area contributed by atoms with Gasteiger partial charge in [0.15, 0.2) is 0 Å². The van der Waals surface area contributed by atoms with E-state index in [4.69, 9.17) is 5.11 Å². The first-order chi connectivity index (χ1) is 9.52. The molecule has 5 nitrogen and oxygen atoms in total. The van der Waals surface area contributed by atoms with Crippen LogP contribution < -0.4 is 10.6 Å². The van der Waals surface area contributed by atoms with Gasteiger partial charge in [-0.15, -0.1) is 0 Å². The van der Waals surface area contributed by atoms with Crippen LogP contribution in [-0.4, -0.2) is 22.6 Å². The molecule has 0 saturated carbocycles. The lowest BCUT2D eigenvalue weighted by atomic mass is 10.1. The molecule has 1 rings (SSSR count). The topological polar surface area (TPSA) is 78.4 Å². The Morgan fingerprint density at radius 3 is 2.38 bits per heavy atom. The van der Waals surface area contributed by atoms with E-state index in [1.54, 1.807) is 0 Å². The number of hydrogen-bond donors (Lipinski definition) is 3. The van der Waals surface area contributed by atoms with Crippen LogP contribution in [-0.2, 0) is 17.5 Å². The van der Waals surface area contributed by atoms with Crippen LogP contribution in [0, 0.1) is 0 Å². The number of carboxylic acids is 1. The number of carbonyl (C=O) groups excluding carboxylic acids is 1. The highest BCUT2D eigenvalue weighted by molar-refractivity contribution is 5.85. The second kappa shape index (κ2) is 6.02. The molecular weight excluding hydrogens is 289 g/mol. The Morgan fingerprint density at radius 2 is 1.86 bits per heavy atom. The lowest BCUT2D eigenvalue weighted by Crippen LogP contribution is -2.52. The molecule has 2 amide bonds. The molecule has 0 bridgehead atoms. The van der Waals surface area contributed by atoms with Crippen LogP contribution in [0.15, 0.2) is 24.3 Å². The number of carbonyl (C=O) groups is 2. The molecular formula is C13H15F3N2O3. The van der Waals surface area contributed by atoms with Crippen molar-refractivity contribution in [3.8, 4) is 0 Å². The maximum absolute atomic E-state index is 12.5. The van der Waals surface area contributed by atoms with Crippen LogP contribution in [0.4, 0.5) is 18.0 Å². The Bertz CT molecular complexity index is 542. The van der Waals surface area contributed by atoms with Gasteiger partial charge >= 0.3 is 18.2 Å². The Labute approximate surface area is 119 Å². The molecule has 0 saturated heterocycles. The van der Waals surface area contributed by atoms with Crippen molar-refractivity contribution in [1.82, 2.24) is 10.6 Å². The van der Waals surface area contributed by atoms with Gasteiger partial charge in [-0.2, -0.15) is 13.2 Å². The Hall–Kier alpha value is -2.25. The smallest absolute Gasteiger partial charge is 0.416 e. The van der Waals surface area contributed by atoms with Crippen molar-refractivity contribution in [2.24, 2.45) is 0 Å². The van der Waals surface area contributed by atoms with Crippen LogP contribution in [0.3, 0.4) is 0 Å². The molecule has 0 aromatic heterocycles. The summed E-state index contributed by atoms with van der Waals surface area (Å²) in [4.78, 5) is 22.3. The van der Waals surface area contributed by atoms with Gasteiger partial charge in [-0.1, -0.05) is 12.1 Å². The zero-order valence-electron chi connectivity index (χ0n) is 11.4.